The molecule has 1 saturated carbocycles. The minimum absolute atomic E-state index is 0.0496. The average molecular weight is 483 g/mol. The molecule has 0 unspecified atom stereocenters. The second-order valence-electron chi connectivity index (χ2n) is 9.71. The van der Waals surface area contributed by atoms with Gasteiger partial charge in [0.05, 0.1) is 18.0 Å². The number of pyridine rings is 1. The molecular formula is C27H38N4O2S. The Kier molecular flexibility index (Phi) is 9.22. The lowest BCUT2D eigenvalue weighted by Gasteiger charge is -2.28. The Bertz CT molecular complexity index is 965. The van der Waals surface area contributed by atoms with Crippen LogP contribution < -0.4 is 4.74 Å². The Labute approximate surface area is 207 Å². The average Bonchev–Trinajstić information content (AvgIpc) is 3.14. The van der Waals surface area contributed by atoms with Crippen LogP contribution in [0.15, 0.2) is 23.3 Å². The standard InChI is InChI=1S/C27H38N4O2S/c1-3-16-33-27-9-8-23-11-14-31(15-12-25(23)30-27)13-10-21-4-6-22(7-5-21)18-29-26(32)17-24-19-28-20(2)34-24/h8-9,18-19,21-22H,3-7,10-17H2,1-2H3. The van der Waals surface area contributed by atoms with E-state index in [-0.39, 0.29) is 5.91 Å². The number of aryl methyl sites for hydroxylation is 1. The number of amides is 1. The van der Waals surface area contributed by atoms with Gasteiger partial charge in [-0.15, -0.1) is 11.3 Å². The van der Waals surface area contributed by atoms with Crippen molar-refractivity contribution in [1.29, 1.82) is 0 Å². The summed E-state index contributed by atoms with van der Waals surface area (Å²) >= 11 is 1.58. The van der Waals surface area contributed by atoms with Crippen LogP contribution in [0, 0.1) is 18.8 Å². The highest BCUT2D eigenvalue weighted by Crippen LogP contribution is 2.30. The van der Waals surface area contributed by atoms with E-state index in [0.29, 0.717) is 12.3 Å². The predicted octanol–water partition coefficient (Wildman–Crippen LogP) is 5.07. The number of rotatable bonds is 9. The van der Waals surface area contributed by atoms with Gasteiger partial charge in [0, 0.05) is 48.6 Å². The summed E-state index contributed by atoms with van der Waals surface area (Å²) in [5.41, 5.74) is 2.60. The van der Waals surface area contributed by atoms with Crippen LogP contribution in [0.4, 0.5) is 0 Å². The summed E-state index contributed by atoms with van der Waals surface area (Å²) in [6.07, 6.45) is 13.2. The second-order valence-corrected chi connectivity index (χ2v) is 11.0. The Balaban J connectivity index is 1.15. The molecule has 2 aromatic rings. The molecule has 7 heteroatoms. The Morgan fingerprint density at radius 3 is 2.82 bits per heavy atom. The molecule has 2 aliphatic rings. The molecule has 0 N–H and O–H groups in total. The summed E-state index contributed by atoms with van der Waals surface area (Å²) in [6, 6.07) is 4.24. The van der Waals surface area contributed by atoms with E-state index in [4.69, 9.17) is 9.72 Å². The molecule has 2 aromatic heterocycles. The molecule has 0 radical (unpaired) electrons. The molecule has 0 saturated heterocycles. The minimum Gasteiger partial charge on any atom is -0.478 e. The maximum Gasteiger partial charge on any atom is 0.250 e. The molecule has 3 heterocycles. The van der Waals surface area contributed by atoms with E-state index in [2.05, 4.69) is 27.9 Å². The van der Waals surface area contributed by atoms with E-state index in [9.17, 15) is 4.79 Å². The highest BCUT2D eigenvalue weighted by Gasteiger charge is 2.22. The summed E-state index contributed by atoms with van der Waals surface area (Å²) < 4.78 is 5.73. The zero-order valence-corrected chi connectivity index (χ0v) is 21.5. The fourth-order valence-electron chi connectivity index (χ4n) is 4.98. The molecule has 1 aliphatic heterocycles. The van der Waals surface area contributed by atoms with Gasteiger partial charge in [-0.1, -0.05) is 13.0 Å². The van der Waals surface area contributed by atoms with Gasteiger partial charge in [-0.2, -0.15) is 0 Å². The third kappa shape index (κ3) is 7.44. The topological polar surface area (TPSA) is 67.7 Å². The van der Waals surface area contributed by atoms with E-state index < -0.39 is 0 Å². The van der Waals surface area contributed by atoms with Gasteiger partial charge in [0.15, 0.2) is 0 Å². The van der Waals surface area contributed by atoms with Crippen LogP contribution in [0.5, 0.6) is 5.88 Å². The molecule has 4 rings (SSSR count). The number of thiazole rings is 1. The van der Waals surface area contributed by atoms with Crippen LogP contribution >= 0.6 is 11.3 Å². The van der Waals surface area contributed by atoms with Crippen molar-refractivity contribution in [2.45, 2.75) is 71.6 Å². The smallest absolute Gasteiger partial charge is 0.250 e. The van der Waals surface area contributed by atoms with Crippen LogP contribution in [-0.4, -0.2) is 53.2 Å². The fraction of sp³-hybridized carbons (Fsp3) is 0.630. The number of carbonyl (C=O) groups is 1. The van der Waals surface area contributed by atoms with Gasteiger partial charge in [-0.05, 0) is 75.8 Å². The summed E-state index contributed by atoms with van der Waals surface area (Å²) in [5, 5.41) is 0.998. The van der Waals surface area contributed by atoms with Gasteiger partial charge in [-0.3, -0.25) is 4.79 Å². The first-order valence-electron chi connectivity index (χ1n) is 12.9. The molecule has 184 valence electrons. The number of nitrogens with zero attached hydrogens (tertiary/aromatic N) is 4. The van der Waals surface area contributed by atoms with Gasteiger partial charge in [0.2, 0.25) is 5.88 Å². The third-order valence-corrected chi connectivity index (χ3v) is 7.94. The number of aromatic nitrogens is 2. The van der Waals surface area contributed by atoms with Gasteiger partial charge in [-0.25, -0.2) is 15.0 Å². The molecule has 0 spiro atoms. The van der Waals surface area contributed by atoms with E-state index in [1.54, 1.807) is 17.5 Å². The highest BCUT2D eigenvalue weighted by molar-refractivity contribution is 7.11. The Hall–Kier alpha value is -2.12. The quantitative estimate of drug-likeness (QED) is 0.467. The zero-order valence-electron chi connectivity index (χ0n) is 20.7. The summed E-state index contributed by atoms with van der Waals surface area (Å²) in [7, 11) is 0. The summed E-state index contributed by atoms with van der Waals surface area (Å²) in [5.74, 6) is 1.96. The molecule has 1 amide bonds. The molecule has 1 aliphatic carbocycles. The van der Waals surface area contributed by atoms with Gasteiger partial charge in [0.25, 0.3) is 5.91 Å². The molecule has 34 heavy (non-hydrogen) atoms. The lowest BCUT2D eigenvalue weighted by atomic mass is 9.81. The number of carbonyl (C=O) groups excluding carboxylic acids is 1. The van der Waals surface area contributed by atoms with Crippen molar-refractivity contribution >= 4 is 23.5 Å². The second kappa shape index (κ2) is 12.5. The maximum atomic E-state index is 12.1. The molecule has 6 nitrogen and oxygen atoms in total. The number of hydrogen-bond acceptors (Lipinski definition) is 6. The Morgan fingerprint density at radius 1 is 1.24 bits per heavy atom. The van der Waals surface area contributed by atoms with Crippen LogP contribution in [0.1, 0.15) is 66.6 Å². The first-order chi connectivity index (χ1) is 16.6. The molecular weight excluding hydrogens is 444 g/mol. The SMILES string of the molecule is CCCOc1ccc2c(n1)CCN(CCC1CCC(C=NC(=O)Cc3cnc(C)s3)CC1)CC2. The maximum absolute atomic E-state index is 12.1. The van der Waals surface area contributed by atoms with E-state index >= 15 is 0 Å². The van der Waals surface area contributed by atoms with Crippen molar-refractivity contribution in [3.05, 3.63) is 39.5 Å². The number of hydrogen-bond donors (Lipinski definition) is 0. The van der Waals surface area contributed by atoms with Crippen molar-refractivity contribution in [2.24, 2.45) is 16.8 Å². The van der Waals surface area contributed by atoms with Crippen molar-refractivity contribution in [3.8, 4) is 5.88 Å². The van der Waals surface area contributed by atoms with Crippen LogP contribution in [-0.2, 0) is 24.1 Å². The highest BCUT2D eigenvalue weighted by atomic mass is 32.1. The minimum atomic E-state index is -0.0496. The molecule has 0 bridgehead atoms. The molecule has 1 fully saturated rings. The molecule has 0 aromatic carbocycles. The van der Waals surface area contributed by atoms with Gasteiger partial charge in [0.1, 0.15) is 0 Å². The number of ether oxygens (including phenoxy) is 1. The van der Waals surface area contributed by atoms with Crippen LogP contribution in [0.2, 0.25) is 0 Å². The lowest BCUT2D eigenvalue weighted by Crippen LogP contribution is -2.29. The monoisotopic (exact) mass is 482 g/mol. The molecule has 0 atom stereocenters. The predicted molar refractivity (Wildman–Crippen MR) is 138 cm³/mol. The van der Waals surface area contributed by atoms with Crippen molar-refractivity contribution < 1.29 is 9.53 Å². The summed E-state index contributed by atoms with van der Waals surface area (Å²) in [6.45, 7) is 8.18. The largest absolute Gasteiger partial charge is 0.478 e. The fourth-order valence-corrected chi connectivity index (χ4v) is 5.77. The van der Waals surface area contributed by atoms with Crippen LogP contribution in [0.25, 0.3) is 0 Å². The Morgan fingerprint density at radius 2 is 2.06 bits per heavy atom. The van der Waals surface area contributed by atoms with Crippen LogP contribution in [0.3, 0.4) is 0 Å². The first kappa shape index (κ1) is 25.0. The van der Waals surface area contributed by atoms with Crippen molar-refractivity contribution in [2.75, 3.05) is 26.2 Å². The van der Waals surface area contributed by atoms with E-state index in [1.807, 2.05) is 19.2 Å². The van der Waals surface area contributed by atoms with Crippen molar-refractivity contribution in [1.82, 2.24) is 14.9 Å². The number of fused-ring (bicyclic) bond motifs is 1. The third-order valence-electron chi connectivity index (χ3n) is 7.03. The number of aliphatic imine (C=N–C) groups is 1. The van der Waals surface area contributed by atoms with E-state index in [1.165, 1.54) is 37.1 Å². The van der Waals surface area contributed by atoms with Gasteiger partial charge >= 0.3 is 0 Å². The van der Waals surface area contributed by atoms with E-state index in [0.717, 1.165) is 73.5 Å². The summed E-state index contributed by atoms with van der Waals surface area (Å²) in [4.78, 5) is 29.0. The lowest BCUT2D eigenvalue weighted by molar-refractivity contribution is -0.117. The zero-order chi connectivity index (χ0) is 23.8. The van der Waals surface area contributed by atoms with Gasteiger partial charge < -0.3 is 9.64 Å². The normalized spacial score (nSPS) is 21.4. The van der Waals surface area contributed by atoms with Crippen molar-refractivity contribution in [3.63, 3.8) is 0 Å². The first-order valence-corrected chi connectivity index (χ1v) is 13.7.